The van der Waals surface area contributed by atoms with E-state index in [9.17, 15) is 14.7 Å². The summed E-state index contributed by atoms with van der Waals surface area (Å²) < 4.78 is 5.34. The number of nitrogens with one attached hydrogen (secondary N) is 1. The summed E-state index contributed by atoms with van der Waals surface area (Å²) in [5, 5.41) is 13.8. The maximum Gasteiger partial charge on any atom is 0.199 e. The van der Waals surface area contributed by atoms with Crippen molar-refractivity contribution >= 4 is 40.5 Å². The van der Waals surface area contributed by atoms with E-state index in [2.05, 4.69) is 10.2 Å². The molecule has 2 aliphatic rings. The number of phenols is 1. The average Bonchev–Trinajstić information content (AvgIpc) is 2.69. The Morgan fingerprint density at radius 3 is 2.18 bits per heavy atom. The van der Waals surface area contributed by atoms with Gasteiger partial charge in [0.05, 0.1) is 45.5 Å². The van der Waals surface area contributed by atoms with E-state index in [1.165, 1.54) is 18.2 Å². The highest BCUT2D eigenvalue weighted by Gasteiger charge is 2.37. The third-order valence-electron chi connectivity index (χ3n) is 5.04. The Balaban J connectivity index is 1.68. The lowest BCUT2D eigenvalue weighted by atomic mass is 9.82. The highest BCUT2D eigenvalue weighted by Crippen LogP contribution is 2.41. The summed E-state index contributed by atoms with van der Waals surface area (Å²) in [7, 11) is 0. The van der Waals surface area contributed by atoms with Gasteiger partial charge in [-0.15, -0.1) is 0 Å². The number of carbonyl (C=O) groups is 2. The molecule has 0 aromatic heterocycles. The molecule has 0 atom stereocenters. The lowest BCUT2D eigenvalue weighted by molar-refractivity contribution is 0.0398. The van der Waals surface area contributed by atoms with Crippen LogP contribution >= 0.6 is 23.2 Å². The fourth-order valence-corrected chi connectivity index (χ4v) is 4.11. The van der Waals surface area contributed by atoms with Crippen molar-refractivity contribution in [2.75, 3.05) is 44.7 Å². The molecule has 2 aromatic rings. The molecule has 2 N–H and O–H groups in total. The van der Waals surface area contributed by atoms with Crippen LogP contribution in [0.3, 0.4) is 0 Å². The molecule has 0 bridgehead atoms. The Morgan fingerprint density at radius 1 is 0.929 bits per heavy atom. The van der Waals surface area contributed by atoms with E-state index < -0.39 is 11.6 Å². The van der Waals surface area contributed by atoms with Crippen molar-refractivity contribution < 1.29 is 19.4 Å². The number of ketones is 2. The molecule has 28 heavy (non-hydrogen) atoms. The number of hydrogen-bond acceptors (Lipinski definition) is 6. The zero-order valence-electron chi connectivity index (χ0n) is 14.9. The van der Waals surface area contributed by atoms with Crippen molar-refractivity contribution in [3.8, 4) is 5.75 Å². The van der Waals surface area contributed by atoms with Crippen molar-refractivity contribution in [2.45, 2.75) is 0 Å². The Morgan fingerprint density at radius 2 is 1.54 bits per heavy atom. The second kappa shape index (κ2) is 7.72. The van der Waals surface area contributed by atoms with E-state index in [1.54, 1.807) is 6.07 Å². The number of carbonyl (C=O) groups excluding carboxylic acids is 2. The number of fused-ring (bicyclic) bond motifs is 2. The number of rotatable bonds is 4. The largest absolute Gasteiger partial charge is 0.507 e. The lowest BCUT2D eigenvalue weighted by Crippen LogP contribution is -2.39. The second-order valence-corrected chi connectivity index (χ2v) is 7.51. The van der Waals surface area contributed by atoms with Crippen LogP contribution in [0.2, 0.25) is 10.0 Å². The van der Waals surface area contributed by atoms with Crippen molar-refractivity contribution in [1.82, 2.24) is 4.90 Å². The van der Waals surface area contributed by atoms with Gasteiger partial charge in [0.2, 0.25) is 0 Å². The first-order valence-corrected chi connectivity index (χ1v) is 9.72. The van der Waals surface area contributed by atoms with Crippen molar-refractivity contribution in [3.05, 3.63) is 56.6 Å². The van der Waals surface area contributed by atoms with Gasteiger partial charge in [0.1, 0.15) is 5.75 Å². The van der Waals surface area contributed by atoms with Crippen LogP contribution in [0.1, 0.15) is 31.8 Å². The van der Waals surface area contributed by atoms with Gasteiger partial charge in [-0.1, -0.05) is 23.2 Å². The molecule has 1 fully saturated rings. The molecule has 0 spiro atoms. The second-order valence-electron chi connectivity index (χ2n) is 6.70. The van der Waals surface area contributed by atoms with Crippen LogP contribution < -0.4 is 5.32 Å². The summed E-state index contributed by atoms with van der Waals surface area (Å²) >= 11 is 12.4. The molecule has 4 rings (SSSR count). The summed E-state index contributed by atoms with van der Waals surface area (Å²) in [6, 6.07) is 5.97. The van der Waals surface area contributed by atoms with E-state index in [0.717, 1.165) is 19.6 Å². The number of ether oxygens (including phenoxy) is 1. The Hall–Kier alpha value is -2.12. The molecular weight excluding hydrogens is 403 g/mol. The number of phenolic OH excluding ortho intramolecular Hbond substituents is 1. The van der Waals surface area contributed by atoms with E-state index in [1.807, 2.05) is 0 Å². The molecule has 0 unspecified atom stereocenters. The summed E-state index contributed by atoms with van der Waals surface area (Å²) in [5.74, 6) is -1.19. The van der Waals surface area contributed by atoms with Gasteiger partial charge >= 0.3 is 0 Å². The topological polar surface area (TPSA) is 78.9 Å². The fourth-order valence-electron chi connectivity index (χ4n) is 3.62. The van der Waals surface area contributed by atoms with Crippen LogP contribution in [0.15, 0.2) is 24.3 Å². The minimum Gasteiger partial charge on any atom is -0.507 e. The van der Waals surface area contributed by atoms with Gasteiger partial charge in [-0.25, -0.2) is 0 Å². The van der Waals surface area contributed by atoms with E-state index in [0.29, 0.717) is 25.4 Å². The standard InChI is InChI=1S/C20H18Cl2N2O4/c21-11-1-2-12(22)16-15(11)19(26)17-13(3-4-14(25)18(17)20(16)27)23-5-6-24-7-9-28-10-8-24/h1-4,23,25H,5-10H2. The SMILES string of the molecule is O=C1c2c(O)ccc(NCCN3CCOCC3)c2C(=O)c2c(Cl)ccc(Cl)c21. The predicted molar refractivity (Wildman–Crippen MR) is 107 cm³/mol. The van der Waals surface area contributed by atoms with Crippen molar-refractivity contribution in [1.29, 1.82) is 0 Å². The van der Waals surface area contributed by atoms with E-state index in [4.69, 9.17) is 27.9 Å². The quantitative estimate of drug-likeness (QED) is 0.630. The summed E-state index contributed by atoms with van der Waals surface area (Å²) in [6.45, 7) is 4.47. The van der Waals surface area contributed by atoms with Crippen LogP contribution in [0.25, 0.3) is 0 Å². The average molecular weight is 421 g/mol. The first kappa shape index (κ1) is 19.2. The molecule has 1 aliphatic heterocycles. The van der Waals surface area contributed by atoms with Gasteiger partial charge in [-0.05, 0) is 24.3 Å². The molecule has 0 saturated carbocycles. The first-order chi connectivity index (χ1) is 13.5. The van der Waals surface area contributed by atoms with Crippen LogP contribution in [0, 0.1) is 0 Å². The van der Waals surface area contributed by atoms with Gasteiger partial charge < -0.3 is 15.2 Å². The maximum absolute atomic E-state index is 13.2. The molecule has 0 radical (unpaired) electrons. The highest BCUT2D eigenvalue weighted by atomic mass is 35.5. The Bertz CT molecular complexity index is 971. The number of aromatic hydroxyl groups is 1. The molecule has 2 aromatic carbocycles. The van der Waals surface area contributed by atoms with Gasteiger partial charge in [0.25, 0.3) is 0 Å². The van der Waals surface area contributed by atoms with Crippen LogP contribution in [0.5, 0.6) is 5.75 Å². The number of halogens is 2. The highest BCUT2D eigenvalue weighted by molar-refractivity contribution is 6.44. The van der Waals surface area contributed by atoms with Crippen LogP contribution in [-0.2, 0) is 4.74 Å². The number of benzene rings is 2. The van der Waals surface area contributed by atoms with Crippen LogP contribution in [0.4, 0.5) is 5.69 Å². The van der Waals surface area contributed by atoms with Crippen LogP contribution in [-0.4, -0.2) is 61.0 Å². The van der Waals surface area contributed by atoms with Crippen molar-refractivity contribution in [3.63, 3.8) is 0 Å². The lowest BCUT2D eigenvalue weighted by Gasteiger charge is -2.27. The van der Waals surface area contributed by atoms with E-state index in [-0.39, 0.29) is 38.0 Å². The molecule has 8 heteroatoms. The predicted octanol–water partition coefficient (Wildman–Crippen LogP) is 3.22. The van der Waals surface area contributed by atoms with Gasteiger partial charge in [0.15, 0.2) is 11.6 Å². The third-order valence-corrected chi connectivity index (χ3v) is 5.67. The molecule has 1 heterocycles. The fraction of sp³-hybridized carbons (Fsp3) is 0.300. The number of anilines is 1. The number of morpholine rings is 1. The molecule has 1 aliphatic carbocycles. The maximum atomic E-state index is 13.2. The van der Waals surface area contributed by atoms with Gasteiger partial charge in [-0.2, -0.15) is 0 Å². The van der Waals surface area contributed by atoms with Crippen molar-refractivity contribution in [2.24, 2.45) is 0 Å². The summed E-state index contributed by atoms with van der Waals surface area (Å²) in [6.07, 6.45) is 0. The minimum absolute atomic E-state index is 0.0347. The zero-order chi connectivity index (χ0) is 19.8. The summed E-state index contributed by atoms with van der Waals surface area (Å²) in [4.78, 5) is 28.5. The Labute approximate surface area is 172 Å². The van der Waals surface area contributed by atoms with Gasteiger partial charge in [-0.3, -0.25) is 14.5 Å². The monoisotopic (exact) mass is 420 g/mol. The third kappa shape index (κ3) is 3.26. The first-order valence-electron chi connectivity index (χ1n) is 8.96. The molecule has 6 nitrogen and oxygen atoms in total. The molecule has 0 amide bonds. The summed E-state index contributed by atoms with van der Waals surface area (Å²) in [5.41, 5.74) is 0.684. The molecular formula is C20H18Cl2N2O4. The normalized spacial score (nSPS) is 16.6. The van der Waals surface area contributed by atoms with Gasteiger partial charge in [0, 0.05) is 31.9 Å². The van der Waals surface area contributed by atoms with E-state index >= 15 is 0 Å². The molecule has 1 saturated heterocycles. The molecule has 146 valence electrons. The number of nitrogens with zero attached hydrogens (tertiary/aromatic N) is 1. The smallest absolute Gasteiger partial charge is 0.199 e. The minimum atomic E-state index is -0.508. The Kier molecular flexibility index (Phi) is 5.29. The number of hydrogen-bond donors (Lipinski definition) is 2. The zero-order valence-corrected chi connectivity index (χ0v) is 16.4.